The third-order valence-corrected chi connectivity index (χ3v) is 3.84. The Kier molecular flexibility index (Phi) is 3.47. The van der Waals surface area contributed by atoms with Gasteiger partial charge in [0, 0.05) is 0 Å². The number of benzene rings is 1. The molecule has 0 aliphatic heterocycles. The van der Waals surface area contributed by atoms with Crippen LogP contribution in [0, 0.1) is 5.92 Å². The molecule has 0 fully saturated rings. The number of hydrogen-bond acceptors (Lipinski definition) is 2. The van der Waals surface area contributed by atoms with Gasteiger partial charge in [-0.1, -0.05) is 39.0 Å². The van der Waals surface area contributed by atoms with Crippen LogP contribution in [0.5, 0.6) is 0 Å². The molecule has 1 unspecified atom stereocenters. The van der Waals surface area contributed by atoms with Crippen molar-refractivity contribution in [1.29, 1.82) is 0 Å². The van der Waals surface area contributed by atoms with Crippen LogP contribution < -0.4 is 0 Å². The molecule has 0 heterocycles. The molecule has 18 heavy (non-hydrogen) atoms. The summed E-state index contributed by atoms with van der Waals surface area (Å²) in [6.45, 7) is 6.69. The zero-order valence-electron chi connectivity index (χ0n) is 11.7. The van der Waals surface area contributed by atoms with Crippen LogP contribution in [-0.2, 0) is 27.8 Å². The first-order chi connectivity index (χ1) is 8.41. The summed E-state index contributed by atoms with van der Waals surface area (Å²) in [5.74, 6) is -0.0245. The minimum absolute atomic E-state index is 0.0444. The van der Waals surface area contributed by atoms with E-state index in [4.69, 9.17) is 4.74 Å². The molecule has 2 rings (SSSR count). The smallest absolute Gasteiger partial charge is 0.309 e. The number of ether oxygens (including phenoxy) is 1. The molecular weight excluding hydrogens is 224 g/mol. The molecule has 0 saturated carbocycles. The Morgan fingerprint density at radius 2 is 2.00 bits per heavy atom. The van der Waals surface area contributed by atoms with Crippen molar-refractivity contribution < 1.29 is 9.53 Å². The third kappa shape index (κ3) is 2.58. The lowest BCUT2D eigenvalue weighted by atomic mass is 9.79. The molecule has 2 nitrogen and oxygen atoms in total. The Morgan fingerprint density at radius 1 is 1.28 bits per heavy atom. The topological polar surface area (TPSA) is 26.3 Å². The SMILES string of the molecule is COC(=O)C1CCc2cc(C(C)(C)C)ccc2C1. The fourth-order valence-corrected chi connectivity index (χ4v) is 2.59. The Labute approximate surface area is 109 Å². The van der Waals surface area contributed by atoms with Gasteiger partial charge in [0.25, 0.3) is 0 Å². The molecule has 0 saturated heterocycles. The van der Waals surface area contributed by atoms with Crippen molar-refractivity contribution in [3.8, 4) is 0 Å². The van der Waals surface area contributed by atoms with Crippen LogP contribution >= 0.6 is 0 Å². The van der Waals surface area contributed by atoms with E-state index < -0.39 is 0 Å². The average Bonchev–Trinajstić information content (AvgIpc) is 2.35. The largest absolute Gasteiger partial charge is 0.469 e. The van der Waals surface area contributed by atoms with E-state index in [0.29, 0.717) is 0 Å². The predicted molar refractivity (Wildman–Crippen MR) is 72.7 cm³/mol. The molecule has 0 spiro atoms. The summed E-state index contributed by atoms with van der Waals surface area (Å²) < 4.78 is 4.84. The van der Waals surface area contributed by atoms with Crippen molar-refractivity contribution in [3.05, 3.63) is 34.9 Å². The lowest BCUT2D eigenvalue weighted by molar-refractivity contribution is -0.145. The summed E-state index contributed by atoms with van der Waals surface area (Å²) >= 11 is 0. The highest BCUT2D eigenvalue weighted by Gasteiger charge is 2.26. The Bertz CT molecular complexity index is 455. The van der Waals surface area contributed by atoms with Gasteiger partial charge in [-0.3, -0.25) is 4.79 Å². The van der Waals surface area contributed by atoms with Crippen LogP contribution in [0.15, 0.2) is 18.2 Å². The molecule has 1 atom stereocenters. The van der Waals surface area contributed by atoms with Gasteiger partial charge in [-0.15, -0.1) is 0 Å². The van der Waals surface area contributed by atoms with Gasteiger partial charge in [-0.25, -0.2) is 0 Å². The fourth-order valence-electron chi connectivity index (χ4n) is 2.59. The first-order valence-corrected chi connectivity index (χ1v) is 6.62. The zero-order valence-corrected chi connectivity index (χ0v) is 11.7. The predicted octanol–water partition coefficient (Wildman–Crippen LogP) is 3.26. The van der Waals surface area contributed by atoms with Gasteiger partial charge in [-0.2, -0.15) is 0 Å². The molecule has 1 aliphatic rings. The van der Waals surface area contributed by atoms with Crippen molar-refractivity contribution in [3.63, 3.8) is 0 Å². The van der Waals surface area contributed by atoms with Crippen LogP contribution in [0.25, 0.3) is 0 Å². The van der Waals surface area contributed by atoms with Gasteiger partial charge in [0.05, 0.1) is 13.0 Å². The number of rotatable bonds is 1. The van der Waals surface area contributed by atoms with Crippen LogP contribution in [0.3, 0.4) is 0 Å². The molecule has 0 amide bonds. The van der Waals surface area contributed by atoms with Gasteiger partial charge in [0.1, 0.15) is 0 Å². The fraction of sp³-hybridized carbons (Fsp3) is 0.562. The number of aryl methyl sites for hydroxylation is 1. The number of carbonyl (C=O) groups excluding carboxylic acids is 1. The average molecular weight is 246 g/mol. The maximum absolute atomic E-state index is 11.6. The van der Waals surface area contributed by atoms with Gasteiger partial charge >= 0.3 is 5.97 Å². The van der Waals surface area contributed by atoms with E-state index >= 15 is 0 Å². The van der Waals surface area contributed by atoms with Gasteiger partial charge in [0.15, 0.2) is 0 Å². The van der Waals surface area contributed by atoms with Crippen LogP contribution in [-0.4, -0.2) is 13.1 Å². The van der Waals surface area contributed by atoms with Crippen molar-refractivity contribution in [1.82, 2.24) is 0 Å². The molecule has 1 aromatic rings. The van der Waals surface area contributed by atoms with E-state index in [-0.39, 0.29) is 17.3 Å². The standard InChI is InChI=1S/C16H22O2/c1-16(2,3)14-8-7-11-9-13(15(17)18-4)6-5-12(11)10-14/h7-8,10,13H,5-6,9H2,1-4H3. The van der Waals surface area contributed by atoms with E-state index in [9.17, 15) is 4.79 Å². The van der Waals surface area contributed by atoms with E-state index in [2.05, 4.69) is 39.0 Å². The number of fused-ring (bicyclic) bond motifs is 1. The zero-order chi connectivity index (χ0) is 13.3. The minimum atomic E-state index is -0.0689. The second kappa shape index (κ2) is 4.75. The summed E-state index contributed by atoms with van der Waals surface area (Å²) in [6, 6.07) is 6.69. The first-order valence-electron chi connectivity index (χ1n) is 6.62. The monoisotopic (exact) mass is 246 g/mol. The van der Waals surface area contributed by atoms with Crippen molar-refractivity contribution in [2.24, 2.45) is 5.92 Å². The lowest BCUT2D eigenvalue weighted by Crippen LogP contribution is -2.24. The Hall–Kier alpha value is -1.31. The normalized spacial score (nSPS) is 19.2. The second-order valence-corrected chi connectivity index (χ2v) is 6.20. The second-order valence-electron chi connectivity index (χ2n) is 6.20. The Balaban J connectivity index is 2.24. The molecule has 1 aliphatic carbocycles. The van der Waals surface area contributed by atoms with E-state index in [1.54, 1.807) is 0 Å². The molecule has 0 bridgehead atoms. The molecular formula is C16H22O2. The Morgan fingerprint density at radius 3 is 2.61 bits per heavy atom. The van der Waals surface area contributed by atoms with E-state index in [1.807, 2.05) is 0 Å². The first kappa shape index (κ1) is 13.1. The number of carbonyl (C=O) groups is 1. The maximum Gasteiger partial charge on any atom is 0.309 e. The molecule has 2 heteroatoms. The lowest BCUT2D eigenvalue weighted by Gasteiger charge is -2.26. The molecule has 0 N–H and O–H groups in total. The summed E-state index contributed by atoms with van der Waals surface area (Å²) in [5, 5.41) is 0. The van der Waals surface area contributed by atoms with Crippen molar-refractivity contribution >= 4 is 5.97 Å². The minimum Gasteiger partial charge on any atom is -0.469 e. The summed E-state index contributed by atoms with van der Waals surface area (Å²) in [6.07, 6.45) is 2.72. The summed E-state index contributed by atoms with van der Waals surface area (Å²) in [5.41, 5.74) is 4.28. The number of hydrogen-bond donors (Lipinski definition) is 0. The van der Waals surface area contributed by atoms with Gasteiger partial charge in [0.2, 0.25) is 0 Å². The highest BCUT2D eigenvalue weighted by atomic mass is 16.5. The molecule has 98 valence electrons. The quantitative estimate of drug-likeness (QED) is 0.711. The summed E-state index contributed by atoms with van der Waals surface area (Å²) in [4.78, 5) is 11.6. The summed E-state index contributed by atoms with van der Waals surface area (Å²) in [7, 11) is 1.47. The van der Waals surface area contributed by atoms with Crippen LogP contribution in [0.1, 0.15) is 43.9 Å². The maximum atomic E-state index is 11.6. The van der Waals surface area contributed by atoms with Gasteiger partial charge in [-0.05, 0) is 41.4 Å². The number of methoxy groups -OCH3 is 1. The van der Waals surface area contributed by atoms with E-state index in [1.165, 1.54) is 23.8 Å². The third-order valence-electron chi connectivity index (χ3n) is 3.84. The number of esters is 1. The highest BCUT2D eigenvalue weighted by molar-refractivity contribution is 5.73. The molecule has 0 aromatic heterocycles. The molecule has 0 radical (unpaired) electrons. The van der Waals surface area contributed by atoms with Crippen LogP contribution in [0.2, 0.25) is 0 Å². The van der Waals surface area contributed by atoms with E-state index in [0.717, 1.165) is 19.3 Å². The van der Waals surface area contributed by atoms with Crippen LogP contribution in [0.4, 0.5) is 0 Å². The van der Waals surface area contributed by atoms with Gasteiger partial charge < -0.3 is 4.74 Å². The van der Waals surface area contributed by atoms with Crippen molar-refractivity contribution in [2.45, 2.75) is 45.4 Å². The molecule has 1 aromatic carbocycles. The highest BCUT2D eigenvalue weighted by Crippen LogP contribution is 2.30. The van der Waals surface area contributed by atoms with Crippen molar-refractivity contribution in [2.75, 3.05) is 7.11 Å².